The topological polar surface area (TPSA) is 52.7 Å². The fourth-order valence-electron chi connectivity index (χ4n) is 3.68. The number of carbonyl (C=O) groups is 2. The van der Waals surface area contributed by atoms with Gasteiger partial charge in [-0.2, -0.15) is 0 Å². The Balaban J connectivity index is 1.48. The smallest absolute Gasteiger partial charge is 0.246 e. The van der Waals surface area contributed by atoms with Crippen LogP contribution in [-0.2, 0) is 9.59 Å². The van der Waals surface area contributed by atoms with Gasteiger partial charge in [0.05, 0.1) is 6.54 Å². The lowest BCUT2D eigenvalue weighted by atomic mass is 10.1. The van der Waals surface area contributed by atoms with Crippen molar-refractivity contribution in [3.63, 3.8) is 0 Å². The monoisotopic (exact) mass is 405 g/mol. The van der Waals surface area contributed by atoms with E-state index in [9.17, 15) is 9.59 Å². The molecule has 30 heavy (non-hydrogen) atoms. The van der Waals surface area contributed by atoms with Gasteiger partial charge < -0.3 is 10.2 Å². The second-order valence-corrected chi connectivity index (χ2v) is 8.09. The van der Waals surface area contributed by atoms with Crippen molar-refractivity contribution in [3.05, 3.63) is 70.3 Å². The SMILES string of the molecule is Cc1ccc(C=CC(=O)N2CCN(CC(=O)Nc3cccc(C)c3C)CC2)c(C)c1. The van der Waals surface area contributed by atoms with Gasteiger partial charge in [0.2, 0.25) is 11.8 Å². The van der Waals surface area contributed by atoms with Gasteiger partial charge in [-0.25, -0.2) is 0 Å². The van der Waals surface area contributed by atoms with Gasteiger partial charge in [-0.05, 0) is 62.1 Å². The number of nitrogens with one attached hydrogen (secondary N) is 1. The summed E-state index contributed by atoms with van der Waals surface area (Å²) in [5.74, 6) is 0.00711. The van der Waals surface area contributed by atoms with E-state index >= 15 is 0 Å². The number of anilines is 1. The molecule has 5 heteroatoms. The summed E-state index contributed by atoms with van der Waals surface area (Å²) in [5.41, 5.74) is 6.57. The van der Waals surface area contributed by atoms with Crippen LogP contribution in [0.5, 0.6) is 0 Å². The molecule has 1 saturated heterocycles. The lowest BCUT2D eigenvalue weighted by molar-refractivity contribution is -0.127. The van der Waals surface area contributed by atoms with Gasteiger partial charge in [0.1, 0.15) is 0 Å². The Morgan fingerprint density at radius 2 is 1.70 bits per heavy atom. The van der Waals surface area contributed by atoms with Crippen LogP contribution in [0, 0.1) is 27.7 Å². The van der Waals surface area contributed by atoms with E-state index in [1.54, 1.807) is 6.08 Å². The van der Waals surface area contributed by atoms with Gasteiger partial charge in [0.25, 0.3) is 0 Å². The van der Waals surface area contributed by atoms with Crippen LogP contribution in [-0.4, -0.2) is 54.3 Å². The van der Waals surface area contributed by atoms with Crippen molar-refractivity contribution in [1.29, 1.82) is 0 Å². The summed E-state index contributed by atoms with van der Waals surface area (Å²) in [6.07, 6.45) is 3.54. The van der Waals surface area contributed by atoms with Crippen LogP contribution in [0.1, 0.15) is 27.8 Å². The van der Waals surface area contributed by atoms with E-state index in [0.29, 0.717) is 32.7 Å². The number of piperazine rings is 1. The maximum atomic E-state index is 12.5. The molecule has 1 heterocycles. The third-order valence-electron chi connectivity index (χ3n) is 5.76. The second kappa shape index (κ2) is 9.72. The zero-order chi connectivity index (χ0) is 21.7. The third kappa shape index (κ3) is 5.57. The molecule has 1 aliphatic heterocycles. The van der Waals surface area contributed by atoms with E-state index in [2.05, 4.69) is 36.2 Å². The average molecular weight is 406 g/mol. The molecule has 0 unspecified atom stereocenters. The molecule has 0 atom stereocenters. The van der Waals surface area contributed by atoms with Crippen molar-refractivity contribution >= 4 is 23.6 Å². The highest BCUT2D eigenvalue weighted by Gasteiger charge is 2.21. The molecule has 0 bridgehead atoms. The van der Waals surface area contributed by atoms with Crippen LogP contribution in [0.2, 0.25) is 0 Å². The van der Waals surface area contributed by atoms with Gasteiger partial charge in [0, 0.05) is 37.9 Å². The van der Waals surface area contributed by atoms with Crippen molar-refractivity contribution in [1.82, 2.24) is 9.80 Å². The van der Waals surface area contributed by atoms with Crippen LogP contribution in [0.3, 0.4) is 0 Å². The number of hydrogen-bond donors (Lipinski definition) is 1. The van der Waals surface area contributed by atoms with Crippen LogP contribution in [0.25, 0.3) is 6.08 Å². The lowest BCUT2D eigenvalue weighted by Crippen LogP contribution is -2.50. The summed E-state index contributed by atoms with van der Waals surface area (Å²) >= 11 is 0. The Hall–Kier alpha value is -2.92. The Kier molecular flexibility index (Phi) is 7.06. The Labute approximate surface area is 179 Å². The first-order valence-electron chi connectivity index (χ1n) is 10.5. The molecule has 5 nitrogen and oxygen atoms in total. The van der Waals surface area contributed by atoms with Crippen molar-refractivity contribution in [3.8, 4) is 0 Å². The van der Waals surface area contributed by atoms with E-state index in [-0.39, 0.29) is 11.8 Å². The maximum Gasteiger partial charge on any atom is 0.246 e. The quantitative estimate of drug-likeness (QED) is 0.772. The normalized spacial score (nSPS) is 14.9. The minimum absolute atomic E-state index is 0.0155. The largest absolute Gasteiger partial charge is 0.337 e. The van der Waals surface area contributed by atoms with Crippen molar-refractivity contribution in [2.24, 2.45) is 0 Å². The molecule has 158 valence electrons. The number of rotatable bonds is 5. The molecule has 0 aromatic heterocycles. The maximum absolute atomic E-state index is 12.5. The molecule has 0 saturated carbocycles. The number of carbonyl (C=O) groups excluding carboxylic acids is 2. The van der Waals surface area contributed by atoms with E-state index in [1.165, 1.54) is 11.1 Å². The summed E-state index contributed by atoms with van der Waals surface area (Å²) in [5, 5.41) is 3.01. The fourth-order valence-corrected chi connectivity index (χ4v) is 3.68. The molecule has 0 spiro atoms. The highest BCUT2D eigenvalue weighted by atomic mass is 16.2. The number of aryl methyl sites for hydroxylation is 3. The van der Waals surface area contributed by atoms with Crippen molar-refractivity contribution < 1.29 is 9.59 Å². The van der Waals surface area contributed by atoms with Crippen molar-refractivity contribution in [2.75, 3.05) is 38.0 Å². The van der Waals surface area contributed by atoms with E-state index in [0.717, 1.165) is 22.4 Å². The average Bonchev–Trinajstić information content (AvgIpc) is 2.71. The molecule has 2 aromatic rings. The fraction of sp³-hybridized carbons (Fsp3) is 0.360. The lowest BCUT2D eigenvalue weighted by Gasteiger charge is -2.33. The van der Waals surface area contributed by atoms with Gasteiger partial charge in [-0.3, -0.25) is 14.5 Å². The van der Waals surface area contributed by atoms with Crippen LogP contribution in [0.15, 0.2) is 42.5 Å². The molecule has 3 rings (SSSR count). The summed E-state index contributed by atoms with van der Waals surface area (Å²) in [6, 6.07) is 12.1. The predicted molar refractivity (Wildman–Crippen MR) is 123 cm³/mol. The first kappa shape index (κ1) is 21.8. The highest BCUT2D eigenvalue weighted by Crippen LogP contribution is 2.18. The zero-order valence-electron chi connectivity index (χ0n) is 18.4. The Bertz CT molecular complexity index is 957. The molecule has 0 aliphatic carbocycles. The zero-order valence-corrected chi connectivity index (χ0v) is 18.4. The molecule has 1 fully saturated rings. The third-order valence-corrected chi connectivity index (χ3v) is 5.76. The summed E-state index contributed by atoms with van der Waals surface area (Å²) in [7, 11) is 0. The van der Waals surface area contributed by atoms with Gasteiger partial charge >= 0.3 is 0 Å². The molecule has 1 aliphatic rings. The standard InChI is InChI=1S/C25H31N3O2/c1-18-8-9-22(20(3)16-18)10-11-25(30)28-14-12-27(13-15-28)17-24(29)26-23-7-5-6-19(2)21(23)4/h5-11,16H,12-15,17H2,1-4H3,(H,26,29). The van der Waals surface area contributed by atoms with Gasteiger partial charge in [-0.1, -0.05) is 35.9 Å². The van der Waals surface area contributed by atoms with Crippen LogP contribution in [0.4, 0.5) is 5.69 Å². The summed E-state index contributed by atoms with van der Waals surface area (Å²) in [6.45, 7) is 11.2. The summed E-state index contributed by atoms with van der Waals surface area (Å²) < 4.78 is 0. The minimum atomic E-state index is -0.0155. The van der Waals surface area contributed by atoms with E-state index in [4.69, 9.17) is 0 Å². The molecule has 0 radical (unpaired) electrons. The number of benzene rings is 2. The Morgan fingerprint density at radius 3 is 2.40 bits per heavy atom. The number of amides is 2. The van der Waals surface area contributed by atoms with E-state index in [1.807, 2.05) is 49.1 Å². The Morgan fingerprint density at radius 1 is 0.967 bits per heavy atom. The number of nitrogens with zero attached hydrogens (tertiary/aromatic N) is 2. The first-order chi connectivity index (χ1) is 14.3. The molecule has 2 aromatic carbocycles. The predicted octanol–water partition coefficient (Wildman–Crippen LogP) is 3.72. The van der Waals surface area contributed by atoms with Gasteiger partial charge in [0.15, 0.2) is 0 Å². The summed E-state index contributed by atoms with van der Waals surface area (Å²) in [4.78, 5) is 28.9. The minimum Gasteiger partial charge on any atom is -0.337 e. The van der Waals surface area contributed by atoms with Gasteiger partial charge in [-0.15, -0.1) is 0 Å². The first-order valence-corrected chi connectivity index (χ1v) is 10.5. The van der Waals surface area contributed by atoms with E-state index < -0.39 is 0 Å². The highest BCUT2D eigenvalue weighted by molar-refractivity contribution is 5.93. The second-order valence-electron chi connectivity index (χ2n) is 8.09. The molecule has 1 N–H and O–H groups in total. The molecular weight excluding hydrogens is 374 g/mol. The number of hydrogen-bond acceptors (Lipinski definition) is 3. The van der Waals surface area contributed by atoms with Crippen LogP contribution < -0.4 is 5.32 Å². The molecule has 2 amide bonds. The molecular formula is C25H31N3O2. The van der Waals surface area contributed by atoms with Crippen molar-refractivity contribution in [2.45, 2.75) is 27.7 Å². The van der Waals surface area contributed by atoms with Crippen LogP contribution >= 0.6 is 0 Å².